The van der Waals surface area contributed by atoms with Crippen LogP contribution in [0.15, 0.2) is 18.2 Å². The van der Waals surface area contributed by atoms with Crippen LogP contribution in [0.1, 0.15) is 54.9 Å². The smallest absolute Gasteiger partial charge is 0.254 e. The lowest BCUT2D eigenvalue weighted by Gasteiger charge is -2.38. The molecule has 2 fully saturated rings. The second-order valence-electron chi connectivity index (χ2n) is 8.39. The summed E-state index contributed by atoms with van der Waals surface area (Å²) in [6.45, 7) is 5.91. The molecular formula is C21H31N3O3S. The second kappa shape index (κ2) is 7.67. The highest BCUT2D eigenvalue weighted by Crippen LogP contribution is 2.35. The number of likely N-dealkylation sites (tertiary alicyclic amines) is 1. The highest BCUT2D eigenvalue weighted by Gasteiger charge is 2.39. The molecule has 0 N–H and O–H groups in total. The van der Waals surface area contributed by atoms with Gasteiger partial charge in [-0.3, -0.25) is 9.10 Å². The second-order valence-corrected chi connectivity index (χ2v) is 10.3. The van der Waals surface area contributed by atoms with E-state index in [1.165, 1.54) is 10.6 Å². The van der Waals surface area contributed by atoms with Gasteiger partial charge < -0.3 is 9.80 Å². The third-order valence-corrected chi connectivity index (χ3v) is 7.56. The van der Waals surface area contributed by atoms with Crippen LogP contribution in [0.3, 0.4) is 0 Å². The van der Waals surface area contributed by atoms with E-state index in [0.717, 1.165) is 69.4 Å². The Hall–Kier alpha value is -1.60. The van der Waals surface area contributed by atoms with E-state index in [9.17, 15) is 13.2 Å². The van der Waals surface area contributed by atoms with Crippen molar-refractivity contribution in [2.24, 2.45) is 0 Å². The minimum Gasteiger partial charge on any atom is -0.333 e. The Balaban J connectivity index is 1.57. The number of sulfonamides is 1. The summed E-state index contributed by atoms with van der Waals surface area (Å²) in [6, 6.07) is 6.29. The van der Waals surface area contributed by atoms with Crippen molar-refractivity contribution in [3.05, 3.63) is 29.3 Å². The summed E-state index contributed by atoms with van der Waals surface area (Å²) in [7, 11) is -3.28. The monoisotopic (exact) mass is 405 g/mol. The Bertz CT molecular complexity index is 842. The third-order valence-electron chi connectivity index (χ3n) is 6.38. The topological polar surface area (TPSA) is 60.9 Å². The summed E-state index contributed by atoms with van der Waals surface area (Å²) in [4.78, 5) is 18.0. The van der Waals surface area contributed by atoms with Gasteiger partial charge in [0, 0.05) is 37.3 Å². The average molecular weight is 406 g/mol. The van der Waals surface area contributed by atoms with Gasteiger partial charge in [-0.2, -0.15) is 0 Å². The zero-order chi connectivity index (χ0) is 19.9. The number of nitrogens with zero attached hydrogens (tertiary/aromatic N) is 3. The lowest BCUT2D eigenvalue weighted by Crippen LogP contribution is -2.48. The molecule has 3 aliphatic rings. The molecule has 2 heterocycles. The van der Waals surface area contributed by atoms with Crippen LogP contribution in [0.25, 0.3) is 0 Å². The largest absolute Gasteiger partial charge is 0.333 e. The number of hydrogen-bond donors (Lipinski definition) is 0. The van der Waals surface area contributed by atoms with Crippen LogP contribution >= 0.6 is 0 Å². The van der Waals surface area contributed by atoms with Crippen molar-refractivity contribution < 1.29 is 13.2 Å². The first kappa shape index (κ1) is 19.7. The first-order chi connectivity index (χ1) is 13.4. The van der Waals surface area contributed by atoms with Crippen molar-refractivity contribution in [3.8, 4) is 0 Å². The molecule has 0 bridgehead atoms. The van der Waals surface area contributed by atoms with E-state index in [0.29, 0.717) is 24.2 Å². The van der Waals surface area contributed by atoms with E-state index in [1.807, 2.05) is 18.2 Å². The van der Waals surface area contributed by atoms with Crippen molar-refractivity contribution in [1.82, 2.24) is 9.80 Å². The number of anilines is 1. The van der Waals surface area contributed by atoms with Crippen LogP contribution in [0.4, 0.5) is 5.69 Å². The van der Waals surface area contributed by atoms with E-state index in [2.05, 4.69) is 16.7 Å². The normalized spacial score (nSPS) is 21.4. The number of benzene rings is 1. The molecule has 0 radical (unpaired) electrons. The van der Waals surface area contributed by atoms with Crippen molar-refractivity contribution in [2.45, 2.75) is 57.5 Å². The van der Waals surface area contributed by atoms with Gasteiger partial charge >= 0.3 is 0 Å². The summed E-state index contributed by atoms with van der Waals surface area (Å²) in [5.41, 5.74) is 2.41. The van der Waals surface area contributed by atoms with E-state index < -0.39 is 10.0 Å². The molecule has 6 nitrogen and oxygen atoms in total. The van der Waals surface area contributed by atoms with Crippen LogP contribution in [-0.2, 0) is 16.4 Å². The van der Waals surface area contributed by atoms with Gasteiger partial charge in [0.2, 0.25) is 10.0 Å². The molecule has 7 heteroatoms. The van der Waals surface area contributed by atoms with Crippen LogP contribution in [-0.4, -0.2) is 68.6 Å². The van der Waals surface area contributed by atoms with Gasteiger partial charge in [0.05, 0.1) is 11.9 Å². The number of hydrogen-bond acceptors (Lipinski definition) is 4. The van der Waals surface area contributed by atoms with Crippen LogP contribution in [0, 0.1) is 0 Å². The standard InChI is InChI=1S/C21H31N3O3S/c1-3-22-13-10-19(11-14-22)24(18-7-8-18)21(25)17-6-9-20-16(15-17)5-4-12-23(20)28(2,26)27/h6,9,15,18-19H,3-5,7-8,10-14H2,1-2H3. The fourth-order valence-electron chi connectivity index (χ4n) is 4.69. The Labute approximate surface area is 168 Å². The molecule has 1 saturated carbocycles. The summed E-state index contributed by atoms with van der Waals surface area (Å²) < 4.78 is 25.6. The van der Waals surface area contributed by atoms with Gasteiger partial charge in [0.1, 0.15) is 0 Å². The van der Waals surface area contributed by atoms with Gasteiger partial charge in [-0.25, -0.2) is 8.42 Å². The maximum Gasteiger partial charge on any atom is 0.254 e. The van der Waals surface area contributed by atoms with Crippen molar-refractivity contribution >= 4 is 21.6 Å². The minimum atomic E-state index is -3.28. The Morgan fingerprint density at radius 3 is 2.39 bits per heavy atom. The molecular weight excluding hydrogens is 374 g/mol. The SMILES string of the molecule is CCN1CCC(N(C(=O)c2ccc3c(c2)CCCN3S(C)(=O)=O)C2CC2)CC1. The predicted octanol–water partition coefficient (Wildman–Crippen LogP) is 2.49. The van der Waals surface area contributed by atoms with E-state index in [1.54, 1.807) is 0 Å². The predicted molar refractivity (Wildman–Crippen MR) is 111 cm³/mol. The molecule has 1 aromatic rings. The molecule has 1 saturated heterocycles. The van der Waals surface area contributed by atoms with Crippen molar-refractivity contribution in [2.75, 3.05) is 36.7 Å². The van der Waals surface area contributed by atoms with Gasteiger partial charge in [0.25, 0.3) is 5.91 Å². The molecule has 28 heavy (non-hydrogen) atoms. The first-order valence-electron chi connectivity index (χ1n) is 10.5. The molecule has 1 aliphatic carbocycles. The maximum absolute atomic E-state index is 13.4. The number of rotatable bonds is 5. The van der Waals surface area contributed by atoms with Crippen LogP contribution in [0.5, 0.6) is 0 Å². The number of carbonyl (C=O) groups is 1. The summed E-state index contributed by atoms with van der Waals surface area (Å²) in [5, 5.41) is 0. The van der Waals surface area contributed by atoms with Gasteiger partial charge in [-0.1, -0.05) is 6.92 Å². The van der Waals surface area contributed by atoms with Gasteiger partial charge in [0.15, 0.2) is 0 Å². The number of fused-ring (bicyclic) bond motifs is 1. The number of carbonyl (C=O) groups excluding carboxylic acids is 1. The zero-order valence-electron chi connectivity index (χ0n) is 16.9. The van der Waals surface area contributed by atoms with Crippen LogP contribution in [0.2, 0.25) is 0 Å². The number of amides is 1. The summed E-state index contributed by atoms with van der Waals surface area (Å²) in [6.07, 6.45) is 7.16. The Morgan fingerprint density at radius 2 is 1.79 bits per heavy atom. The third kappa shape index (κ3) is 3.92. The molecule has 4 rings (SSSR count). The van der Waals surface area contributed by atoms with Crippen molar-refractivity contribution in [3.63, 3.8) is 0 Å². The van der Waals surface area contributed by atoms with Crippen LogP contribution < -0.4 is 4.31 Å². The minimum absolute atomic E-state index is 0.122. The van der Waals surface area contributed by atoms with Gasteiger partial charge in [-0.05, 0) is 68.8 Å². The highest BCUT2D eigenvalue weighted by molar-refractivity contribution is 7.92. The molecule has 0 unspecified atom stereocenters. The molecule has 0 atom stereocenters. The van der Waals surface area contributed by atoms with E-state index in [-0.39, 0.29) is 5.91 Å². The number of piperidine rings is 1. The lowest BCUT2D eigenvalue weighted by molar-refractivity contribution is 0.0554. The first-order valence-corrected chi connectivity index (χ1v) is 12.4. The van der Waals surface area contributed by atoms with E-state index >= 15 is 0 Å². The lowest BCUT2D eigenvalue weighted by atomic mass is 9.98. The molecule has 0 aromatic heterocycles. The fourth-order valence-corrected chi connectivity index (χ4v) is 5.68. The molecule has 0 spiro atoms. The fraction of sp³-hybridized carbons (Fsp3) is 0.667. The summed E-state index contributed by atoms with van der Waals surface area (Å²) >= 11 is 0. The quantitative estimate of drug-likeness (QED) is 0.755. The van der Waals surface area contributed by atoms with Crippen molar-refractivity contribution in [1.29, 1.82) is 0 Å². The highest BCUT2D eigenvalue weighted by atomic mass is 32.2. The molecule has 2 aliphatic heterocycles. The summed E-state index contributed by atoms with van der Waals surface area (Å²) in [5.74, 6) is 0.122. The Kier molecular flexibility index (Phi) is 5.40. The number of aryl methyl sites for hydroxylation is 1. The Morgan fingerprint density at radius 1 is 1.11 bits per heavy atom. The maximum atomic E-state index is 13.4. The molecule has 1 aromatic carbocycles. The molecule has 1 amide bonds. The molecule has 154 valence electrons. The zero-order valence-corrected chi connectivity index (χ0v) is 17.7. The van der Waals surface area contributed by atoms with E-state index in [4.69, 9.17) is 0 Å². The van der Waals surface area contributed by atoms with Gasteiger partial charge in [-0.15, -0.1) is 0 Å². The average Bonchev–Trinajstić information content (AvgIpc) is 3.52.